The van der Waals surface area contributed by atoms with E-state index in [9.17, 15) is 9.59 Å². The van der Waals surface area contributed by atoms with Gasteiger partial charge in [0.15, 0.2) is 0 Å². The van der Waals surface area contributed by atoms with Gasteiger partial charge < -0.3 is 24.1 Å². The van der Waals surface area contributed by atoms with Crippen molar-refractivity contribution in [2.24, 2.45) is 5.92 Å². The molecule has 2 saturated heterocycles. The smallest absolute Gasteiger partial charge is 0.465 e. The molecule has 29 heavy (non-hydrogen) atoms. The molecule has 8 nitrogen and oxygen atoms in total. The number of likely N-dealkylation sites (tertiary alicyclic amines) is 1. The number of rotatable bonds is 4. The van der Waals surface area contributed by atoms with E-state index in [2.05, 4.69) is 5.32 Å². The number of anilines is 1. The van der Waals surface area contributed by atoms with Gasteiger partial charge in [0.25, 0.3) is 0 Å². The predicted octanol–water partition coefficient (Wildman–Crippen LogP) is 2.92. The Bertz CT molecular complexity index is 745. The number of benzene rings is 1. The molecule has 2 N–H and O–H groups in total. The topological polar surface area (TPSA) is 97.3 Å². The van der Waals surface area contributed by atoms with E-state index in [0.717, 1.165) is 5.46 Å². The monoisotopic (exact) mass is 404 g/mol. The van der Waals surface area contributed by atoms with Crippen LogP contribution in [0.25, 0.3) is 0 Å². The van der Waals surface area contributed by atoms with Crippen LogP contribution in [0.2, 0.25) is 0 Å². The zero-order chi connectivity index (χ0) is 21.2. The van der Waals surface area contributed by atoms with E-state index < -0.39 is 30.5 Å². The van der Waals surface area contributed by atoms with Crippen molar-refractivity contribution in [1.82, 2.24) is 4.90 Å². The van der Waals surface area contributed by atoms with Crippen LogP contribution >= 0.6 is 0 Å². The molecule has 0 aliphatic carbocycles. The summed E-state index contributed by atoms with van der Waals surface area (Å²) in [7, 11) is -0.503. The van der Waals surface area contributed by atoms with Crippen LogP contribution in [0, 0.1) is 5.92 Å². The van der Waals surface area contributed by atoms with Crippen molar-refractivity contribution in [3.8, 4) is 0 Å². The first-order chi connectivity index (χ1) is 13.6. The molecule has 1 aromatic carbocycles. The van der Waals surface area contributed by atoms with Crippen molar-refractivity contribution in [2.75, 3.05) is 25.0 Å². The van der Waals surface area contributed by atoms with Crippen LogP contribution in [0.1, 0.15) is 40.5 Å². The van der Waals surface area contributed by atoms with Crippen molar-refractivity contribution in [3.63, 3.8) is 0 Å². The summed E-state index contributed by atoms with van der Waals surface area (Å²) in [6.07, 6.45) is -0.0470. The fourth-order valence-electron chi connectivity index (χ4n) is 3.38. The summed E-state index contributed by atoms with van der Waals surface area (Å²) in [5.41, 5.74) is 0.553. The second-order valence-corrected chi connectivity index (χ2v) is 8.65. The number of nitrogens with zero attached hydrogens (tertiary/aromatic N) is 1. The summed E-state index contributed by atoms with van der Waals surface area (Å²) >= 11 is 0. The van der Waals surface area contributed by atoms with E-state index in [0.29, 0.717) is 31.6 Å². The molecule has 2 fully saturated rings. The Morgan fingerprint density at radius 2 is 1.83 bits per heavy atom. The molecule has 0 atom stereocenters. The molecule has 0 aromatic heterocycles. The number of carboxylic acid groups (broad SMARTS) is 1. The van der Waals surface area contributed by atoms with Crippen LogP contribution in [0.15, 0.2) is 24.3 Å². The quantitative estimate of drug-likeness (QED) is 0.749. The van der Waals surface area contributed by atoms with Crippen LogP contribution in [0.3, 0.4) is 0 Å². The second-order valence-electron chi connectivity index (χ2n) is 8.65. The highest BCUT2D eigenvalue weighted by molar-refractivity contribution is 6.62. The number of ether oxygens (including phenoxy) is 1. The normalized spacial score (nSPS) is 21.1. The standard InChI is InChI=1S/C20H29BN2O6/c1-19(2)20(3,4)29-21(28-19)15-6-5-7-16(12-15)22-17(24)27-13-14-8-10-23(11-9-14)18(25)26/h5-7,12,14H,8-11,13H2,1-4H3,(H,22,24)(H,25,26). The minimum Gasteiger partial charge on any atom is -0.465 e. The van der Waals surface area contributed by atoms with Crippen molar-refractivity contribution in [3.05, 3.63) is 24.3 Å². The van der Waals surface area contributed by atoms with Crippen molar-refractivity contribution in [2.45, 2.75) is 51.7 Å². The SMILES string of the molecule is CC1(C)OB(c2cccc(NC(=O)OCC3CCN(C(=O)O)CC3)c2)OC1(C)C. The molecule has 158 valence electrons. The zero-order valence-corrected chi connectivity index (χ0v) is 17.4. The largest absolute Gasteiger partial charge is 0.494 e. The third-order valence-corrected chi connectivity index (χ3v) is 5.99. The molecule has 0 saturated carbocycles. The summed E-state index contributed by atoms with van der Waals surface area (Å²) in [6.45, 7) is 9.19. The van der Waals surface area contributed by atoms with Gasteiger partial charge in [-0.05, 0) is 64.1 Å². The van der Waals surface area contributed by atoms with Gasteiger partial charge in [0, 0.05) is 18.8 Å². The first-order valence-corrected chi connectivity index (χ1v) is 9.95. The van der Waals surface area contributed by atoms with E-state index in [1.165, 1.54) is 4.90 Å². The van der Waals surface area contributed by atoms with Gasteiger partial charge in [-0.1, -0.05) is 12.1 Å². The van der Waals surface area contributed by atoms with Gasteiger partial charge in [-0.3, -0.25) is 5.32 Å². The number of amides is 2. The molecule has 2 aliphatic heterocycles. The molecule has 2 aliphatic rings. The molecule has 1 aromatic rings. The van der Waals surface area contributed by atoms with Crippen molar-refractivity contribution >= 4 is 30.5 Å². The zero-order valence-electron chi connectivity index (χ0n) is 17.4. The molecule has 3 rings (SSSR count). The first-order valence-electron chi connectivity index (χ1n) is 9.95. The van der Waals surface area contributed by atoms with Crippen LogP contribution in [-0.2, 0) is 14.0 Å². The highest BCUT2D eigenvalue weighted by Crippen LogP contribution is 2.36. The van der Waals surface area contributed by atoms with Crippen molar-refractivity contribution in [1.29, 1.82) is 0 Å². The third kappa shape index (κ3) is 5.03. The maximum atomic E-state index is 12.2. The van der Waals surface area contributed by atoms with Gasteiger partial charge in [0.1, 0.15) is 0 Å². The van der Waals surface area contributed by atoms with E-state index in [-0.39, 0.29) is 12.5 Å². The number of hydrogen-bond donors (Lipinski definition) is 2. The summed E-state index contributed by atoms with van der Waals surface area (Å²) in [5, 5.41) is 11.7. The summed E-state index contributed by atoms with van der Waals surface area (Å²) in [4.78, 5) is 24.5. The maximum absolute atomic E-state index is 12.2. The molecular weight excluding hydrogens is 375 g/mol. The maximum Gasteiger partial charge on any atom is 0.494 e. The third-order valence-electron chi connectivity index (χ3n) is 5.99. The summed E-state index contributed by atoms with van der Waals surface area (Å²) in [5.74, 6) is 0.174. The first kappa shape index (κ1) is 21.5. The van der Waals surface area contributed by atoms with Crippen LogP contribution in [0.5, 0.6) is 0 Å². The number of hydrogen-bond acceptors (Lipinski definition) is 5. The minimum atomic E-state index is -0.899. The fraction of sp³-hybridized carbons (Fsp3) is 0.600. The molecule has 2 heterocycles. The van der Waals surface area contributed by atoms with E-state index in [4.69, 9.17) is 19.2 Å². The molecule has 0 unspecified atom stereocenters. The average Bonchev–Trinajstić information content (AvgIpc) is 2.88. The average molecular weight is 404 g/mol. The number of carbonyl (C=O) groups is 2. The number of nitrogens with one attached hydrogen (secondary N) is 1. The predicted molar refractivity (Wildman–Crippen MR) is 109 cm³/mol. The Morgan fingerprint density at radius 3 is 2.41 bits per heavy atom. The Balaban J connectivity index is 1.50. The summed E-state index contributed by atoms with van der Waals surface area (Å²) < 4.78 is 17.4. The number of piperidine rings is 1. The van der Waals surface area contributed by atoms with Gasteiger partial charge in [0.2, 0.25) is 0 Å². The minimum absolute atomic E-state index is 0.174. The fourth-order valence-corrected chi connectivity index (χ4v) is 3.38. The lowest BCUT2D eigenvalue weighted by Gasteiger charge is -2.32. The van der Waals surface area contributed by atoms with Gasteiger partial charge >= 0.3 is 19.3 Å². The Kier molecular flexibility index (Phi) is 6.09. The van der Waals surface area contributed by atoms with Crippen LogP contribution < -0.4 is 10.8 Å². The molecule has 2 amide bonds. The van der Waals surface area contributed by atoms with Gasteiger partial charge in [-0.15, -0.1) is 0 Å². The van der Waals surface area contributed by atoms with Crippen molar-refractivity contribution < 1.29 is 28.7 Å². The van der Waals surface area contributed by atoms with E-state index in [1.54, 1.807) is 6.07 Å². The lowest BCUT2D eigenvalue weighted by atomic mass is 9.79. The van der Waals surface area contributed by atoms with Crippen LogP contribution in [0.4, 0.5) is 15.3 Å². The number of carbonyl (C=O) groups excluding carboxylic acids is 1. The Hall–Kier alpha value is -2.26. The van der Waals surface area contributed by atoms with E-state index in [1.807, 2.05) is 45.9 Å². The lowest BCUT2D eigenvalue weighted by Crippen LogP contribution is -2.41. The highest BCUT2D eigenvalue weighted by atomic mass is 16.7. The lowest BCUT2D eigenvalue weighted by molar-refractivity contribution is 0.00578. The molecular formula is C20H29BN2O6. The summed E-state index contributed by atoms with van der Waals surface area (Å²) in [6, 6.07) is 7.32. The molecule has 9 heteroatoms. The highest BCUT2D eigenvalue weighted by Gasteiger charge is 2.51. The Morgan fingerprint density at radius 1 is 1.21 bits per heavy atom. The van der Waals surface area contributed by atoms with Gasteiger partial charge in [-0.2, -0.15) is 0 Å². The molecule has 0 spiro atoms. The molecule has 0 radical (unpaired) electrons. The van der Waals surface area contributed by atoms with E-state index >= 15 is 0 Å². The van der Waals surface area contributed by atoms with Gasteiger partial charge in [-0.25, -0.2) is 9.59 Å². The molecule has 0 bridgehead atoms. The van der Waals surface area contributed by atoms with Gasteiger partial charge in [0.05, 0.1) is 17.8 Å². The van der Waals surface area contributed by atoms with Crippen LogP contribution in [-0.4, -0.2) is 60.2 Å². The second kappa shape index (κ2) is 8.24. The Labute approximate surface area is 171 Å².